The van der Waals surface area contributed by atoms with Gasteiger partial charge < -0.3 is 16.0 Å². The summed E-state index contributed by atoms with van der Waals surface area (Å²) < 4.78 is 0. The summed E-state index contributed by atoms with van der Waals surface area (Å²) in [6.45, 7) is 3.99. The fourth-order valence-corrected chi connectivity index (χ4v) is 3.61. The standard InChI is InChI=1S/C22H22N8/c23-22-25-8-7-18(27-22)16-3-4-17-19(28-29-20(17)13-16)5-1-15-2-6-21(26-14-15)30-11-9-24-10-12-30/h1-8,13-14,24H,9-12H2,(H,28,29)(H2,23,25,27). The number of aromatic amines is 1. The van der Waals surface area contributed by atoms with Gasteiger partial charge in [-0.2, -0.15) is 5.10 Å². The molecule has 0 aliphatic carbocycles. The molecule has 8 heteroatoms. The maximum absolute atomic E-state index is 5.70. The van der Waals surface area contributed by atoms with Crippen molar-refractivity contribution in [2.24, 2.45) is 0 Å². The van der Waals surface area contributed by atoms with Crippen molar-refractivity contribution in [2.45, 2.75) is 0 Å². The smallest absolute Gasteiger partial charge is 0.220 e. The SMILES string of the molecule is Nc1nccc(-c2ccc3c(C=Cc4ccc(N5CCNCC5)nc4)n[nH]c3c2)n1. The van der Waals surface area contributed by atoms with Crippen LogP contribution in [0, 0.1) is 0 Å². The van der Waals surface area contributed by atoms with E-state index in [1.54, 1.807) is 6.20 Å². The minimum Gasteiger partial charge on any atom is -0.368 e. The number of nitrogens with zero attached hydrogens (tertiary/aromatic N) is 5. The Morgan fingerprint density at radius 1 is 1.00 bits per heavy atom. The molecule has 0 saturated carbocycles. The van der Waals surface area contributed by atoms with Gasteiger partial charge in [0.2, 0.25) is 5.95 Å². The number of aromatic nitrogens is 5. The summed E-state index contributed by atoms with van der Waals surface area (Å²) in [6.07, 6.45) is 7.59. The van der Waals surface area contributed by atoms with Crippen LogP contribution in [0.4, 0.5) is 11.8 Å². The Labute approximate surface area is 173 Å². The fourth-order valence-electron chi connectivity index (χ4n) is 3.61. The summed E-state index contributed by atoms with van der Waals surface area (Å²) in [6, 6.07) is 12.1. The molecule has 0 spiro atoms. The lowest BCUT2D eigenvalue weighted by molar-refractivity contribution is 0.585. The molecule has 0 atom stereocenters. The highest BCUT2D eigenvalue weighted by atomic mass is 15.2. The molecule has 0 amide bonds. The topological polar surface area (TPSA) is 109 Å². The van der Waals surface area contributed by atoms with E-state index >= 15 is 0 Å². The number of H-pyrrole nitrogens is 1. The molecule has 0 radical (unpaired) electrons. The zero-order valence-electron chi connectivity index (χ0n) is 16.4. The predicted molar refractivity (Wildman–Crippen MR) is 120 cm³/mol. The molecule has 1 saturated heterocycles. The van der Waals surface area contributed by atoms with Gasteiger partial charge in [0.15, 0.2) is 0 Å². The first-order valence-electron chi connectivity index (χ1n) is 9.93. The van der Waals surface area contributed by atoms with Crippen LogP contribution in [-0.4, -0.2) is 51.3 Å². The van der Waals surface area contributed by atoms with Crippen molar-refractivity contribution in [3.63, 3.8) is 0 Å². The molecule has 3 aromatic heterocycles. The third-order valence-electron chi connectivity index (χ3n) is 5.21. The third-order valence-corrected chi connectivity index (χ3v) is 5.21. The second kappa shape index (κ2) is 7.92. The third kappa shape index (κ3) is 3.72. The predicted octanol–water partition coefficient (Wildman–Crippen LogP) is 2.58. The van der Waals surface area contributed by atoms with Crippen LogP contribution < -0.4 is 16.0 Å². The normalized spacial score (nSPS) is 14.6. The Kier molecular flexibility index (Phi) is 4.82. The molecule has 1 aliphatic rings. The van der Waals surface area contributed by atoms with Gasteiger partial charge in [0.05, 0.1) is 16.9 Å². The Bertz CT molecular complexity index is 1190. The van der Waals surface area contributed by atoms with Gasteiger partial charge in [-0.15, -0.1) is 0 Å². The lowest BCUT2D eigenvalue weighted by atomic mass is 10.1. The first kappa shape index (κ1) is 18.3. The number of piperazine rings is 1. The van der Waals surface area contributed by atoms with Gasteiger partial charge in [0, 0.05) is 49.5 Å². The summed E-state index contributed by atoms with van der Waals surface area (Å²) in [5.41, 5.74) is 10.3. The lowest BCUT2D eigenvalue weighted by Crippen LogP contribution is -2.43. The van der Waals surface area contributed by atoms with Crippen LogP contribution in [0.15, 0.2) is 48.8 Å². The van der Waals surface area contributed by atoms with E-state index in [1.807, 2.05) is 42.6 Å². The second-order valence-electron chi connectivity index (χ2n) is 7.19. The number of nitrogen functional groups attached to an aromatic ring is 1. The average Bonchev–Trinajstić information content (AvgIpc) is 3.21. The van der Waals surface area contributed by atoms with E-state index in [4.69, 9.17) is 5.73 Å². The largest absolute Gasteiger partial charge is 0.368 e. The van der Waals surface area contributed by atoms with E-state index < -0.39 is 0 Å². The molecular weight excluding hydrogens is 376 g/mol. The maximum atomic E-state index is 5.70. The lowest BCUT2D eigenvalue weighted by Gasteiger charge is -2.28. The zero-order chi connectivity index (χ0) is 20.3. The van der Waals surface area contributed by atoms with Crippen molar-refractivity contribution in [2.75, 3.05) is 36.8 Å². The number of hydrogen-bond acceptors (Lipinski definition) is 7. The summed E-state index contributed by atoms with van der Waals surface area (Å²) in [5.74, 6) is 1.29. The number of nitrogens with two attached hydrogens (primary N) is 1. The summed E-state index contributed by atoms with van der Waals surface area (Å²) in [4.78, 5) is 15.1. The van der Waals surface area contributed by atoms with Gasteiger partial charge in [0.1, 0.15) is 5.82 Å². The van der Waals surface area contributed by atoms with Crippen LogP contribution in [0.5, 0.6) is 0 Å². The first-order chi connectivity index (χ1) is 14.8. The summed E-state index contributed by atoms with van der Waals surface area (Å²) in [7, 11) is 0. The highest BCUT2D eigenvalue weighted by Gasteiger charge is 2.11. The van der Waals surface area contributed by atoms with E-state index in [9.17, 15) is 0 Å². The van der Waals surface area contributed by atoms with Crippen molar-refractivity contribution in [3.05, 3.63) is 60.0 Å². The quantitative estimate of drug-likeness (QED) is 0.485. The highest BCUT2D eigenvalue weighted by molar-refractivity contribution is 5.91. The molecule has 4 N–H and O–H groups in total. The van der Waals surface area contributed by atoms with Gasteiger partial charge in [-0.25, -0.2) is 15.0 Å². The van der Waals surface area contributed by atoms with Crippen LogP contribution in [-0.2, 0) is 0 Å². The molecule has 0 bridgehead atoms. The number of fused-ring (bicyclic) bond motifs is 1. The molecule has 30 heavy (non-hydrogen) atoms. The second-order valence-corrected chi connectivity index (χ2v) is 7.19. The molecule has 4 heterocycles. The number of benzene rings is 1. The number of nitrogens with one attached hydrogen (secondary N) is 2. The molecule has 1 aromatic carbocycles. The highest BCUT2D eigenvalue weighted by Crippen LogP contribution is 2.25. The number of hydrogen-bond donors (Lipinski definition) is 3. The Morgan fingerprint density at radius 3 is 2.70 bits per heavy atom. The Hall–Kier alpha value is -3.78. The van der Waals surface area contributed by atoms with Gasteiger partial charge in [-0.1, -0.05) is 12.1 Å². The van der Waals surface area contributed by atoms with E-state index in [1.165, 1.54) is 0 Å². The minimum atomic E-state index is 0.261. The fraction of sp³-hybridized carbons (Fsp3) is 0.182. The molecule has 8 nitrogen and oxygen atoms in total. The zero-order valence-corrected chi connectivity index (χ0v) is 16.4. The summed E-state index contributed by atoms with van der Waals surface area (Å²) in [5, 5.41) is 11.9. The Morgan fingerprint density at radius 2 is 1.90 bits per heavy atom. The van der Waals surface area contributed by atoms with Crippen molar-refractivity contribution < 1.29 is 0 Å². The van der Waals surface area contributed by atoms with Crippen molar-refractivity contribution in [1.29, 1.82) is 0 Å². The molecule has 1 aliphatic heterocycles. The van der Waals surface area contributed by atoms with Crippen LogP contribution >= 0.6 is 0 Å². The molecule has 0 unspecified atom stereocenters. The number of rotatable bonds is 4. The van der Waals surface area contributed by atoms with Gasteiger partial charge in [0.25, 0.3) is 0 Å². The van der Waals surface area contributed by atoms with E-state index in [0.717, 1.165) is 65.4 Å². The van der Waals surface area contributed by atoms with E-state index in [2.05, 4.69) is 47.5 Å². The van der Waals surface area contributed by atoms with Crippen molar-refractivity contribution in [3.8, 4) is 11.3 Å². The summed E-state index contributed by atoms with van der Waals surface area (Å²) >= 11 is 0. The molecule has 5 rings (SSSR count). The van der Waals surface area contributed by atoms with Crippen LogP contribution in [0.3, 0.4) is 0 Å². The van der Waals surface area contributed by atoms with E-state index in [-0.39, 0.29) is 5.95 Å². The van der Waals surface area contributed by atoms with Crippen LogP contribution in [0.1, 0.15) is 11.3 Å². The van der Waals surface area contributed by atoms with Gasteiger partial charge >= 0.3 is 0 Å². The van der Waals surface area contributed by atoms with Crippen molar-refractivity contribution >= 4 is 34.8 Å². The monoisotopic (exact) mass is 398 g/mol. The molecule has 4 aromatic rings. The van der Waals surface area contributed by atoms with E-state index in [0.29, 0.717) is 0 Å². The van der Waals surface area contributed by atoms with Gasteiger partial charge in [-0.05, 0) is 42.0 Å². The average molecular weight is 398 g/mol. The van der Waals surface area contributed by atoms with Crippen molar-refractivity contribution in [1.82, 2.24) is 30.5 Å². The number of anilines is 2. The minimum absolute atomic E-state index is 0.261. The van der Waals surface area contributed by atoms with Gasteiger partial charge in [-0.3, -0.25) is 5.10 Å². The molecular formula is C22H22N8. The Balaban J connectivity index is 1.35. The molecule has 150 valence electrons. The van der Waals surface area contributed by atoms with Crippen LogP contribution in [0.2, 0.25) is 0 Å². The maximum Gasteiger partial charge on any atom is 0.220 e. The number of pyridine rings is 1. The van der Waals surface area contributed by atoms with Crippen LogP contribution in [0.25, 0.3) is 34.3 Å². The first-order valence-corrected chi connectivity index (χ1v) is 9.93. The molecule has 1 fully saturated rings.